The SMILES string of the molecule is C=CC(=O)OCCNC(=O)OCCC=O. The Labute approximate surface area is 87.2 Å². The highest BCUT2D eigenvalue weighted by Crippen LogP contribution is 1.81. The van der Waals surface area contributed by atoms with Crippen LogP contribution in [0.15, 0.2) is 12.7 Å². The quantitative estimate of drug-likeness (QED) is 0.280. The second-order valence-electron chi connectivity index (χ2n) is 2.39. The first-order chi connectivity index (χ1) is 7.20. The number of amides is 1. The van der Waals surface area contributed by atoms with Crippen molar-refractivity contribution < 1.29 is 23.9 Å². The van der Waals surface area contributed by atoms with Gasteiger partial charge in [0, 0.05) is 12.5 Å². The minimum absolute atomic E-state index is 0.0434. The van der Waals surface area contributed by atoms with Crippen LogP contribution in [0.1, 0.15) is 6.42 Å². The lowest BCUT2D eigenvalue weighted by Crippen LogP contribution is -2.28. The maximum Gasteiger partial charge on any atom is 0.407 e. The molecule has 0 atom stereocenters. The first-order valence-electron chi connectivity index (χ1n) is 4.34. The van der Waals surface area contributed by atoms with Gasteiger partial charge in [-0.05, 0) is 0 Å². The number of ether oxygens (including phenoxy) is 2. The molecule has 0 rings (SSSR count). The van der Waals surface area contributed by atoms with Gasteiger partial charge in [0.1, 0.15) is 12.9 Å². The van der Waals surface area contributed by atoms with Crippen molar-refractivity contribution in [2.45, 2.75) is 6.42 Å². The number of nitrogens with one attached hydrogen (secondary N) is 1. The molecule has 0 heterocycles. The van der Waals surface area contributed by atoms with Gasteiger partial charge in [0.25, 0.3) is 0 Å². The van der Waals surface area contributed by atoms with Crippen molar-refractivity contribution in [1.82, 2.24) is 5.32 Å². The molecule has 6 heteroatoms. The highest BCUT2D eigenvalue weighted by atomic mass is 16.6. The summed E-state index contributed by atoms with van der Waals surface area (Å²) in [5, 5.41) is 2.33. The molecule has 1 N–H and O–H groups in total. The van der Waals surface area contributed by atoms with Crippen molar-refractivity contribution >= 4 is 18.3 Å². The summed E-state index contributed by atoms with van der Waals surface area (Å²) in [5.74, 6) is -0.550. The van der Waals surface area contributed by atoms with E-state index >= 15 is 0 Å². The number of esters is 1. The summed E-state index contributed by atoms with van der Waals surface area (Å²) in [6, 6.07) is 0. The van der Waals surface area contributed by atoms with Crippen molar-refractivity contribution in [3.63, 3.8) is 0 Å². The van der Waals surface area contributed by atoms with E-state index < -0.39 is 12.1 Å². The maximum atomic E-state index is 10.8. The van der Waals surface area contributed by atoms with Gasteiger partial charge in [-0.2, -0.15) is 0 Å². The third-order valence-corrected chi connectivity index (χ3v) is 1.25. The average Bonchev–Trinajstić information content (AvgIpc) is 2.24. The third-order valence-electron chi connectivity index (χ3n) is 1.25. The van der Waals surface area contributed by atoms with Crippen LogP contribution in [0, 0.1) is 0 Å². The minimum Gasteiger partial charge on any atom is -0.461 e. The van der Waals surface area contributed by atoms with Gasteiger partial charge in [0.05, 0.1) is 13.2 Å². The Kier molecular flexibility index (Phi) is 7.66. The molecule has 1 amide bonds. The zero-order valence-electron chi connectivity index (χ0n) is 8.23. The van der Waals surface area contributed by atoms with Crippen molar-refractivity contribution in [3.05, 3.63) is 12.7 Å². The molecule has 0 fully saturated rings. The van der Waals surface area contributed by atoms with Crippen LogP contribution in [0.25, 0.3) is 0 Å². The lowest BCUT2D eigenvalue weighted by Gasteiger charge is -2.05. The molecule has 0 saturated carbocycles. The molecular weight excluding hydrogens is 202 g/mol. The molecule has 0 spiro atoms. The molecule has 6 nitrogen and oxygen atoms in total. The maximum absolute atomic E-state index is 10.8. The predicted octanol–water partition coefficient (Wildman–Crippen LogP) is 0.0308. The molecule has 0 aromatic heterocycles. The number of rotatable bonds is 7. The van der Waals surface area contributed by atoms with Crippen LogP contribution in [-0.2, 0) is 19.1 Å². The minimum atomic E-state index is -0.647. The summed E-state index contributed by atoms with van der Waals surface area (Å²) in [6.45, 7) is 3.45. The van der Waals surface area contributed by atoms with Crippen LogP contribution in [-0.4, -0.2) is 38.1 Å². The molecule has 0 aliphatic rings. The fourth-order valence-corrected chi connectivity index (χ4v) is 0.614. The molecule has 0 unspecified atom stereocenters. The van der Waals surface area contributed by atoms with Gasteiger partial charge >= 0.3 is 12.1 Å². The van der Waals surface area contributed by atoms with Crippen LogP contribution in [0.4, 0.5) is 4.79 Å². The van der Waals surface area contributed by atoms with Crippen LogP contribution >= 0.6 is 0 Å². The fraction of sp³-hybridized carbons (Fsp3) is 0.444. The summed E-state index contributed by atoms with van der Waals surface area (Å²) in [5.41, 5.74) is 0. The van der Waals surface area contributed by atoms with E-state index in [-0.39, 0.29) is 26.2 Å². The Morgan fingerprint density at radius 3 is 2.60 bits per heavy atom. The average molecular weight is 215 g/mol. The molecule has 0 saturated heterocycles. The normalized spacial score (nSPS) is 8.80. The van der Waals surface area contributed by atoms with Crippen LogP contribution in [0.2, 0.25) is 0 Å². The molecular formula is C9H13NO5. The molecule has 0 aromatic carbocycles. The zero-order chi connectivity index (χ0) is 11.5. The van der Waals surface area contributed by atoms with E-state index in [0.717, 1.165) is 6.08 Å². The second kappa shape index (κ2) is 8.74. The molecule has 15 heavy (non-hydrogen) atoms. The summed E-state index contributed by atoms with van der Waals surface area (Å²) in [4.78, 5) is 31.2. The standard InChI is InChI=1S/C9H13NO5/c1-2-8(12)14-7-4-10-9(13)15-6-3-5-11/h2,5H,1,3-4,6-7H2,(H,10,13). The van der Waals surface area contributed by atoms with Crippen LogP contribution < -0.4 is 5.32 Å². The van der Waals surface area contributed by atoms with Crippen molar-refractivity contribution in [1.29, 1.82) is 0 Å². The topological polar surface area (TPSA) is 81.7 Å². The monoisotopic (exact) mass is 215 g/mol. The van der Waals surface area contributed by atoms with Gasteiger partial charge in [0.15, 0.2) is 0 Å². The molecule has 0 aliphatic carbocycles. The zero-order valence-corrected chi connectivity index (χ0v) is 8.23. The lowest BCUT2D eigenvalue weighted by molar-refractivity contribution is -0.137. The van der Waals surface area contributed by atoms with Gasteiger partial charge < -0.3 is 19.6 Å². The number of carbonyl (C=O) groups is 3. The molecule has 0 bridgehead atoms. The molecule has 84 valence electrons. The number of aldehydes is 1. The third kappa shape index (κ3) is 8.48. The van der Waals surface area contributed by atoms with E-state index in [9.17, 15) is 14.4 Å². The van der Waals surface area contributed by atoms with E-state index in [2.05, 4.69) is 21.4 Å². The van der Waals surface area contributed by atoms with Crippen LogP contribution in [0.5, 0.6) is 0 Å². The number of alkyl carbamates (subject to hydrolysis) is 1. The summed E-state index contributed by atoms with van der Waals surface area (Å²) in [6.07, 6.45) is 1.20. The van der Waals surface area contributed by atoms with E-state index in [1.165, 1.54) is 0 Å². The van der Waals surface area contributed by atoms with E-state index in [1.807, 2.05) is 0 Å². The first-order valence-corrected chi connectivity index (χ1v) is 4.34. The Bertz CT molecular complexity index is 239. The molecule has 0 aliphatic heterocycles. The Morgan fingerprint density at radius 1 is 1.27 bits per heavy atom. The summed E-state index contributed by atoms with van der Waals surface area (Å²) >= 11 is 0. The molecule has 0 radical (unpaired) electrons. The van der Waals surface area contributed by atoms with Crippen LogP contribution in [0.3, 0.4) is 0 Å². The van der Waals surface area contributed by atoms with Gasteiger partial charge in [0.2, 0.25) is 0 Å². The summed E-state index contributed by atoms with van der Waals surface area (Å²) in [7, 11) is 0. The first kappa shape index (κ1) is 13.2. The van der Waals surface area contributed by atoms with E-state index in [1.54, 1.807) is 0 Å². The largest absolute Gasteiger partial charge is 0.461 e. The Morgan fingerprint density at radius 2 is 2.00 bits per heavy atom. The highest BCUT2D eigenvalue weighted by Gasteiger charge is 2.01. The number of hydrogen-bond donors (Lipinski definition) is 1. The van der Waals surface area contributed by atoms with Crippen molar-refractivity contribution in [3.8, 4) is 0 Å². The predicted molar refractivity (Wildman–Crippen MR) is 51.2 cm³/mol. The Balaban J connectivity index is 3.34. The highest BCUT2D eigenvalue weighted by molar-refractivity contribution is 5.81. The number of carbonyl (C=O) groups excluding carboxylic acids is 3. The lowest BCUT2D eigenvalue weighted by atomic mass is 10.5. The second-order valence-corrected chi connectivity index (χ2v) is 2.39. The fourth-order valence-electron chi connectivity index (χ4n) is 0.614. The summed E-state index contributed by atoms with van der Waals surface area (Å²) < 4.78 is 9.16. The Hall–Kier alpha value is -1.85. The van der Waals surface area contributed by atoms with Gasteiger partial charge in [-0.25, -0.2) is 9.59 Å². The molecule has 0 aromatic rings. The van der Waals surface area contributed by atoms with Crippen molar-refractivity contribution in [2.75, 3.05) is 19.8 Å². The van der Waals surface area contributed by atoms with Gasteiger partial charge in [-0.1, -0.05) is 6.58 Å². The number of hydrogen-bond acceptors (Lipinski definition) is 5. The van der Waals surface area contributed by atoms with E-state index in [4.69, 9.17) is 0 Å². The van der Waals surface area contributed by atoms with E-state index in [0.29, 0.717) is 6.29 Å². The van der Waals surface area contributed by atoms with Crippen molar-refractivity contribution in [2.24, 2.45) is 0 Å². The van der Waals surface area contributed by atoms with Gasteiger partial charge in [-0.15, -0.1) is 0 Å². The smallest absolute Gasteiger partial charge is 0.407 e. The van der Waals surface area contributed by atoms with Gasteiger partial charge in [-0.3, -0.25) is 0 Å².